The van der Waals surface area contributed by atoms with Crippen LogP contribution in [0.3, 0.4) is 0 Å². The molecule has 1 aromatic rings. The first-order valence-corrected chi connectivity index (χ1v) is 6.34. The normalized spacial score (nSPS) is 13.1. The molecule has 1 atom stereocenters. The molecule has 1 rings (SSSR count). The van der Waals surface area contributed by atoms with Crippen LogP contribution in [0.4, 0.5) is 0 Å². The van der Waals surface area contributed by atoms with E-state index in [1.807, 2.05) is 0 Å². The molecule has 1 heteroatoms. The molecular weight excluding hydrogens is 194 g/mol. The summed E-state index contributed by atoms with van der Waals surface area (Å²) >= 11 is 0. The third-order valence-electron chi connectivity index (χ3n) is 3.22. The van der Waals surface area contributed by atoms with E-state index in [1.54, 1.807) is 0 Å². The maximum absolute atomic E-state index is 3.58. The molecule has 1 N–H and O–H groups in total. The first kappa shape index (κ1) is 13.2. The SMILES string of the molecule is CCNC(Cc1cc(C)ccc1C)C(C)C. The Hall–Kier alpha value is -0.820. The van der Waals surface area contributed by atoms with E-state index in [4.69, 9.17) is 0 Å². The van der Waals surface area contributed by atoms with Crippen LogP contribution in [0.25, 0.3) is 0 Å². The Morgan fingerprint density at radius 3 is 2.44 bits per heavy atom. The van der Waals surface area contributed by atoms with E-state index in [1.165, 1.54) is 16.7 Å². The minimum absolute atomic E-state index is 0.588. The van der Waals surface area contributed by atoms with Gasteiger partial charge in [-0.05, 0) is 43.9 Å². The zero-order chi connectivity index (χ0) is 12.1. The molecule has 0 aliphatic rings. The van der Waals surface area contributed by atoms with Gasteiger partial charge in [0.05, 0.1) is 0 Å². The maximum atomic E-state index is 3.58. The average molecular weight is 219 g/mol. The van der Waals surface area contributed by atoms with E-state index in [-0.39, 0.29) is 0 Å². The smallest absolute Gasteiger partial charge is 0.0130 e. The highest BCUT2D eigenvalue weighted by atomic mass is 14.9. The van der Waals surface area contributed by atoms with Crippen molar-refractivity contribution in [2.24, 2.45) is 5.92 Å². The predicted molar refractivity (Wildman–Crippen MR) is 71.9 cm³/mol. The van der Waals surface area contributed by atoms with E-state index in [2.05, 4.69) is 58.1 Å². The topological polar surface area (TPSA) is 12.0 Å². The van der Waals surface area contributed by atoms with Crippen LogP contribution in [-0.4, -0.2) is 12.6 Å². The standard InChI is InChI=1S/C15H25N/c1-6-16-15(11(2)3)10-14-9-12(4)7-8-13(14)5/h7-9,11,15-16H,6,10H2,1-5H3. The molecule has 16 heavy (non-hydrogen) atoms. The lowest BCUT2D eigenvalue weighted by Crippen LogP contribution is -2.35. The highest BCUT2D eigenvalue weighted by Crippen LogP contribution is 2.16. The van der Waals surface area contributed by atoms with Gasteiger partial charge in [-0.15, -0.1) is 0 Å². The van der Waals surface area contributed by atoms with Gasteiger partial charge in [0, 0.05) is 6.04 Å². The summed E-state index contributed by atoms with van der Waals surface area (Å²) in [6.07, 6.45) is 1.14. The predicted octanol–water partition coefficient (Wildman–Crippen LogP) is 3.48. The average Bonchev–Trinajstić information content (AvgIpc) is 2.22. The Balaban J connectivity index is 2.80. The lowest BCUT2D eigenvalue weighted by atomic mass is 9.93. The summed E-state index contributed by atoms with van der Waals surface area (Å²) in [7, 11) is 0. The molecule has 0 aromatic heterocycles. The summed E-state index contributed by atoms with van der Waals surface area (Å²) in [4.78, 5) is 0. The molecule has 1 unspecified atom stereocenters. The first-order valence-electron chi connectivity index (χ1n) is 6.34. The Labute approximate surface area is 100 Å². The number of likely N-dealkylation sites (N-methyl/N-ethyl adjacent to an activating group) is 1. The molecule has 0 aliphatic carbocycles. The number of hydrogen-bond acceptors (Lipinski definition) is 1. The minimum Gasteiger partial charge on any atom is -0.314 e. The van der Waals surface area contributed by atoms with Gasteiger partial charge >= 0.3 is 0 Å². The van der Waals surface area contributed by atoms with Gasteiger partial charge in [-0.2, -0.15) is 0 Å². The molecule has 0 amide bonds. The van der Waals surface area contributed by atoms with Gasteiger partial charge in [0.15, 0.2) is 0 Å². The van der Waals surface area contributed by atoms with Crippen molar-refractivity contribution in [1.29, 1.82) is 0 Å². The van der Waals surface area contributed by atoms with E-state index >= 15 is 0 Å². The molecule has 0 heterocycles. The van der Waals surface area contributed by atoms with Crippen LogP contribution >= 0.6 is 0 Å². The second-order valence-electron chi connectivity index (χ2n) is 5.04. The molecule has 0 saturated carbocycles. The molecular formula is C15H25N. The number of hydrogen-bond donors (Lipinski definition) is 1. The molecule has 0 aliphatic heterocycles. The first-order chi connectivity index (χ1) is 7.54. The van der Waals surface area contributed by atoms with Crippen molar-refractivity contribution in [3.63, 3.8) is 0 Å². The van der Waals surface area contributed by atoms with Gasteiger partial charge in [-0.1, -0.05) is 44.5 Å². The Morgan fingerprint density at radius 1 is 1.19 bits per heavy atom. The molecule has 0 bridgehead atoms. The van der Waals surface area contributed by atoms with Crippen LogP contribution < -0.4 is 5.32 Å². The quantitative estimate of drug-likeness (QED) is 0.799. The van der Waals surface area contributed by atoms with Crippen molar-refractivity contribution in [3.05, 3.63) is 34.9 Å². The van der Waals surface area contributed by atoms with Crippen LogP contribution in [0.15, 0.2) is 18.2 Å². The molecule has 90 valence electrons. The van der Waals surface area contributed by atoms with Crippen LogP contribution in [0, 0.1) is 19.8 Å². The Morgan fingerprint density at radius 2 is 1.88 bits per heavy atom. The van der Waals surface area contributed by atoms with Gasteiger partial charge in [-0.25, -0.2) is 0 Å². The summed E-state index contributed by atoms with van der Waals surface area (Å²) in [5, 5.41) is 3.58. The van der Waals surface area contributed by atoms with Gasteiger partial charge in [-0.3, -0.25) is 0 Å². The molecule has 1 nitrogen and oxygen atoms in total. The zero-order valence-electron chi connectivity index (χ0n) is 11.3. The molecule has 0 radical (unpaired) electrons. The van der Waals surface area contributed by atoms with Crippen LogP contribution in [0.5, 0.6) is 0 Å². The third-order valence-corrected chi connectivity index (χ3v) is 3.22. The van der Waals surface area contributed by atoms with Crippen molar-refractivity contribution in [1.82, 2.24) is 5.32 Å². The van der Waals surface area contributed by atoms with E-state index in [9.17, 15) is 0 Å². The van der Waals surface area contributed by atoms with Gasteiger partial charge in [0.2, 0.25) is 0 Å². The number of benzene rings is 1. The van der Waals surface area contributed by atoms with Crippen LogP contribution in [0.1, 0.15) is 37.5 Å². The van der Waals surface area contributed by atoms with Gasteiger partial charge in [0.1, 0.15) is 0 Å². The highest BCUT2D eigenvalue weighted by Gasteiger charge is 2.13. The van der Waals surface area contributed by atoms with Crippen molar-refractivity contribution in [2.75, 3.05) is 6.54 Å². The minimum atomic E-state index is 0.588. The summed E-state index contributed by atoms with van der Waals surface area (Å²) in [6, 6.07) is 7.33. The summed E-state index contributed by atoms with van der Waals surface area (Å²) in [5.74, 6) is 0.680. The molecule has 1 aromatic carbocycles. The van der Waals surface area contributed by atoms with Crippen molar-refractivity contribution < 1.29 is 0 Å². The van der Waals surface area contributed by atoms with Crippen molar-refractivity contribution in [2.45, 2.75) is 47.1 Å². The lowest BCUT2D eigenvalue weighted by molar-refractivity contribution is 0.405. The monoisotopic (exact) mass is 219 g/mol. The number of nitrogens with one attached hydrogen (secondary N) is 1. The fourth-order valence-electron chi connectivity index (χ4n) is 2.06. The van der Waals surface area contributed by atoms with E-state index in [0.29, 0.717) is 12.0 Å². The highest BCUT2D eigenvalue weighted by molar-refractivity contribution is 5.31. The zero-order valence-corrected chi connectivity index (χ0v) is 11.3. The maximum Gasteiger partial charge on any atom is 0.0130 e. The summed E-state index contributed by atoms with van der Waals surface area (Å²) in [5.41, 5.74) is 4.26. The Kier molecular flexibility index (Phi) is 5.01. The van der Waals surface area contributed by atoms with Crippen LogP contribution in [0.2, 0.25) is 0 Å². The largest absolute Gasteiger partial charge is 0.314 e. The van der Waals surface area contributed by atoms with Gasteiger partial charge < -0.3 is 5.32 Å². The molecule has 0 spiro atoms. The summed E-state index contributed by atoms with van der Waals surface area (Å²) in [6.45, 7) is 12.2. The molecule has 0 saturated heterocycles. The number of rotatable bonds is 5. The Bertz CT molecular complexity index is 328. The second-order valence-corrected chi connectivity index (χ2v) is 5.04. The van der Waals surface area contributed by atoms with E-state index in [0.717, 1.165) is 13.0 Å². The second kappa shape index (κ2) is 6.05. The fourth-order valence-corrected chi connectivity index (χ4v) is 2.06. The van der Waals surface area contributed by atoms with Crippen LogP contribution in [-0.2, 0) is 6.42 Å². The van der Waals surface area contributed by atoms with Gasteiger partial charge in [0.25, 0.3) is 0 Å². The van der Waals surface area contributed by atoms with Crippen molar-refractivity contribution in [3.8, 4) is 0 Å². The fraction of sp³-hybridized carbons (Fsp3) is 0.600. The number of aryl methyl sites for hydroxylation is 2. The molecule has 0 fully saturated rings. The lowest BCUT2D eigenvalue weighted by Gasteiger charge is -2.23. The summed E-state index contributed by atoms with van der Waals surface area (Å²) < 4.78 is 0. The van der Waals surface area contributed by atoms with E-state index < -0.39 is 0 Å². The third kappa shape index (κ3) is 3.64. The van der Waals surface area contributed by atoms with Crippen molar-refractivity contribution >= 4 is 0 Å².